The molecule has 0 fully saturated rings. The number of hydrogen-bond acceptors (Lipinski definition) is 5. The third-order valence-corrected chi connectivity index (χ3v) is 2.74. The van der Waals surface area contributed by atoms with Crippen LogP contribution in [0.1, 0.15) is 5.56 Å². The van der Waals surface area contributed by atoms with Crippen LogP contribution in [0.4, 0.5) is 0 Å². The second-order valence-electron chi connectivity index (χ2n) is 3.49. The van der Waals surface area contributed by atoms with Crippen LogP contribution in [-0.4, -0.2) is 36.5 Å². The molecule has 0 spiro atoms. The number of hydrogen-bond donors (Lipinski definition) is 2. The fourth-order valence-electron chi connectivity index (χ4n) is 1.27. The Labute approximate surface area is 123 Å². The Hall–Kier alpha value is 0.0500. The van der Waals surface area contributed by atoms with Crippen LogP contribution in [0.5, 0.6) is 0 Å². The van der Waals surface area contributed by atoms with Crippen LogP contribution in [-0.2, 0) is 16.7 Å². The maximum atomic E-state index is 10.3. The molecule has 0 amide bonds. The Balaban J connectivity index is 0.00000256. The fourth-order valence-corrected chi connectivity index (χ4v) is 1.86. The largest absolute Gasteiger partial charge is 1.00 e. The molecule has 1 unspecified atom stereocenters. The van der Waals surface area contributed by atoms with E-state index in [4.69, 9.17) is 0 Å². The number of nitrogens with one attached hydrogen (secondary N) is 1. The molecular formula is C10H14NNaO4S. The van der Waals surface area contributed by atoms with Gasteiger partial charge < -0.3 is 15.0 Å². The summed E-state index contributed by atoms with van der Waals surface area (Å²) in [5, 5.41) is 12.1. The van der Waals surface area contributed by atoms with Crippen molar-refractivity contribution in [2.75, 3.05) is 12.3 Å². The van der Waals surface area contributed by atoms with Gasteiger partial charge in [0.15, 0.2) is 0 Å². The summed E-state index contributed by atoms with van der Waals surface area (Å²) in [7, 11) is -4.36. The van der Waals surface area contributed by atoms with Gasteiger partial charge in [-0.1, -0.05) is 30.3 Å². The zero-order valence-corrected chi connectivity index (χ0v) is 12.5. The van der Waals surface area contributed by atoms with Gasteiger partial charge in [0.2, 0.25) is 0 Å². The first-order valence-corrected chi connectivity index (χ1v) is 6.41. The summed E-state index contributed by atoms with van der Waals surface area (Å²) in [4.78, 5) is 0. The Morgan fingerprint density at radius 1 is 1.29 bits per heavy atom. The van der Waals surface area contributed by atoms with Gasteiger partial charge in [-0.25, -0.2) is 8.42 Å². The minimum Gasteiger partial charge on any atom is -0.748 e. The van der Waals surface area contributed by atoms with Crippen LogP contribution in [0.15, 0.2) is 30.3 Å². The average Bonchev–Trinajstić information content (AvgIpc) is 2.16. The Kier molecular flexibility index (Phi) is 8.23. The molecule has 0 aromatic heterocycles. The summed E-state index contributed by atoms with van der Waals surface area (Å²) in [6.45, 7) is 0.604. The van der Waals surface area contributed by atoms with Crippen molar-refractivity contribution >= 4 is 10.1 Å². The van der Waals surface area contributed by atoms with E-state index in [0.717, 1.165) is 5.56 Å². The first kappa shape index (κ1) is 17.1. The molecule has 7 heteroatoms. The van der Waals surface area contributed by atoms with Gasteiger partial charge in [0.25, 0.3) is 0 Å². The topological polar surface area (TPSA) is 89.5 Å². The fraction of sp³-hybridized carbons (Fsp3) is 0.400. The molecule has 1 atom stereocenters. The molecule has 1 aromatic carbocycles. The molecule has 0 heterocycles. The van der Waals surface area contributed by atoms with Crippen LogP contribution in [0.3, 0.4) is 0 Å². The summed E-state index contributed by atoms with van der Waals surface area (Å²) < 4.78 is 31.0. The molecule has 5 nitrogen and oxygen atoms in total. The van der Waals surface area contributed by atoms with Gasteiger partial charge in [0.05, 0.1) is 22.0 Å². The van der Waals surface area contributed by atoms with Gasteiger partial charge in [0, 0.05) is 13.1 Å². The van der Waals surface area contributed by atoms with Crippen molar-refractivity contribution in [3.05, 3.63) is 35.9 Å². The van der Waals surface area contributed by atoms with Crippen molar-refractivity contribution in [1.29, 1.82) is 0 Å². The monoisotopic (exact) mass is 267 g/mol. The van der Waals surface area contributed by atoms with E-state index in [1.807, 2.05) is 30.3 Å². The normalized spacial score (nSPS) is 12.8. The Morgan fingerprint density at radius 3 is 2.41 bits per heavy atom. The third-order valence-electron chi connectivity index (χ3n) is 1.95. The second kappa shape index (κ2) is 8.20. The standard InChI is InChI=1S/C10H15NO4S.Na/c12-10(8-16(13,14)15)7-11-6-9-4-2-1-3-5-9;/h1-5,10-12H,6-8H2,(H,13,14,15);/q;+1/p-1. The van der Waals surface area contributed by atoms with Crippen LogP contribution in [0.25, 0.3) is 0 Å². The van der Waals surface area contributed by atoms with E-state index in [1.165, 1.54) is 0 Å². The summed E-state index contributed by atoms with van der Waals surface area (Å²) in [6.07, 6.45) is -1.16. The van der Waals surface area contributed by atoms with Crippen LogP contribution >= 0.6 is 0 Å². The Bertz CT molecular complexity index is 410. The zero-order valence-electron chi connectivity index (χ0n) is 9.67. The molecule has 2 N–H and O–H groups in total. The first-order chi connectivity index (χ1) is 7.47. The van der Waals surface area contributed by atoms with Crippen LogP contribution in [0, 0.1) is 0 Å². The third kappa shape index (κ3) is 8.73. The summed E-state index contributed by atoms with van der Waals surface area (Å²) in [5.41, 5.74) is 1.03. The van der Waals surface area contributed by atoms with Crippen molar-refractivity contribution in [2.45, 2.75) is 12.6 Å². The van der Waals surface area contributed by atoms with Crippen LogP contribution in [0.2, 0.25) is 0 Å². The molecule has 0 aliphatic rings. The molecule has 0 aliphatic heterocycles. The van der Waals surface area contributed by atoms with E-state index in [-0.39, 0.29) is 36.1 Å². The van der Waals surface area contributed by atoms with Crippen molar-refractivity contribution < 1.29 is 47.6 Å². The summed E-state index contributed by atoms with van der Waals surface area (Å²) in [5.74, 6) is -0.755. The van der Waals surface area contributed by atoms with Crippen LogP contribution < -0.4 is 34.9 Å². The van der Waals surface area contributed by atoms with Crippen molar-refractivity contribution in [2.24, 2.45) is 0 Å². The van der Waals surface area contributed by atoms with E-state index < -0.39 is 22.0 Å². The van der Waals surface area contributed by atoms with Gasteiger partial charge in [-0.2, -0.15) is 0 Å². The number of aliphatic hydroxyl groups is 1. The number of aliphatic hydroxyl groups excluding tert-OH is 1. The van der Waals surface area contributed by atoms with E-state index in [2.05, 4.69) is 5.32 Å². The predicted octanol–water partition coefficient (Wildman–Crippen LogP) is -3.31. The average molecular weight is 267 g/mol. The summed E-state index contributed by atoms with van der Waals surface area (Å²) in [6, 6.07) is 9.47. The minimum absolute atomic E-state index is 0. The number of benzene rings is 1. The maximum Gasteiger partial charge on any atom is 1.00 e. The molecule has 0 saturated heterocycles. The second-order valence-corrected chi connectivity index (χ2v) is 4.94. The van der Waals surface area contributed by atoms with Crippen molar-refractivity contribution in [1.82, 2.24) is 5.32 Å². The summed E-state index contributed by atoms with van der Waals surface area (Å²) >= 11 is 0. The Morgan fingerprint density at radius 2 is 1.88 bits per heavy atom. The van der Waals surface area contributed by atoms with E-state index in [9.17, 15) is 18.1 Å². The molecule has 1 rings (SSSR count). The number of rotatable bonds is 6. The van der Waals surface area contributed by atoms with Gasteiger partial charge in [0.1, 0.15) is 0 Å². The van der Waals surface area contributed by atoms with E-state index in [1.54, 1.807) is 0 Å². The SMILES string of the molecule is O=S(=O)([O-])CC(O)CNCc1ccccc1.[Na+]. The van der Waals surface area contributed by atoms with Gasteiger partial charge in [-0.05, 0) is 5.56 Å². The van der Waals surface area contributed by atoms with Gasteiger partial charge in [-0.3, -0.25) is 0 Å². The molecule has 1 aromatic rings. The molecule has 0 saturated carbocycles. The minimum atomic E-state index is -4.36. The van der Waals surface area contributed by atoms with Gasteiger partial charge in [-0.15, -0.1) is 0 Å². The van der Waals surface area contributed by atoms with Crippen molar-refractivity contribution in [3.63, 3.8) is 0 Å². The molecule has 90 valence electrons. The predicted molar refractivity (Wildman–Crippen MR) is 58.7 cm³/mol. The quantitative estimate of drug-likeness (QED) is 0.416. The molecular weight excluding hydrogens is 253 g/mol. The molecule has 0 aliphatic carbocycles. The van der Waals surface area contributed by atoms with E-state index >= 15 is 0 Å². The van der Waals surface area contributed by atoms with Gasteiger partial charge >= 0.3 is 29.6 Å². The molecule has 0 bridgehead atoms. The van der Waals surface area contributed by atoms with E-state index in [0.29, 0.717) is 6.54 Å². The zero-order chi connectivity index (χ0) is 12.0. The molecule has 17 heavy (non-hydrogen) atoms. The maximum absolute atomic E-state index is 10.3. The molecule has 0 radical (unpaired) electrons. The van der Waals surface area contributed by atoms with Crippen molar-refractivity contribution in [3.8, 4) is 0 Å². The smallest absolute Gasteiger partial charge is 0.748 e. The first-order valence-electron chi connectivity index (χ1n) is 4.83.